The molecule has 1 aromatic heterocycles. The maximum atomic E-state index is 5.80. The molecule has 0 saturated carbocycles. The van der Waals surface area contributed by atoms with Crippen LogP contribution in [0.4, 0.5) is 0 Å². The van der Waals surface area contributed by atoms with E-state index in [1.54, 1.807) is 0 Å². The fraction of sp³-hybridized carbons (Fsp3) is 0.182. The van der Waals surface area contributed by atoms with E-state index in [4.69, 9.17) is 11.6 Å². The average Bonchev–Trinajstić information content (AvgIpc) is 2.67. The number of nitrogens with zero attached hydrogens (tertiary/aromatic N) is 1. The summed E-state index contributed by atoms with van der Waals surface area (Å²) in [5.41, 5.74) is 2.21. The standard InChI is InChI=1S/C11H11ClN2/c1-2-10-7-13-11(14-10)8-3-5-9(12)6-4-8/h3-7H,2H2,1H3,(H,13,14). The zero-order valence-electron chi connectivity index (χ0n) is 7.92. The lowest BCUT2D eigenvalue weighted by molar-refractivity contribution is 1.07. The third kappa shape index (κ3) is 1.80. The summed E-state index contributed by atoms with van der Waals surface area (Å²) >= 11 is 5.80. The molecule has 1 aromatic carbocycles. The van der Waals surface area contributed by atoms with Crippen LogP contribution < -0.4 is 0 Å². The minimum atomic E-state index is 0.746. The number of aryl methyl sites for hydroxylation is 1. The Morgan fingerprint density at radius 1 is 1.29 bits per heavy atom. The zero-order chi connectivity index (χ0) is 9.97. The first kappa shape index (κ1) is 9.28. The Balaban J connectivity index is 2.34. The summed E-state index contributed by atoms with van der Waals surface area (Å²) in [6.45, 7) is 2.10. The highest BCUT2D eigenvalue weighted by molar-refractivity contribution is 6.30. The van der Waals surface area contributed by atoms with Crippen LogP contribution in [0.1, 0.15) is 12.6 Å². The maximum absolute atomic E-state index is 5.80. The molecule has 3 heteroatoms. The molecule has 0 fully saturated rings. The molecule has 2 nitrogen and oxygen atoms in total. The van der Waals surface area contributed by atoms with Gasteiger partial charge in [0.05, 0.1) is 0 Å². The molecule has 72 valence electrons. The second kappa shape index (κ2) is 3.84. The van der Waals surface area contributed by atoms with Gasteiger partial charge in [0.1, 0.15) is 5.82 Å². The summed E-state index contributed by atoms with van der Waals surface area (Å²) in [5, 5.41) is 0.746. The fourth-order valence-electron chi connectivity index (χ4n) is 1.29. The molecule has 0 spiro atoms. The highest BCUT2D eigenvalue weighted by Crippen LogP contribution is 2.18. The molecule has 0 radical (unpaired) electrons. The van der Waals surface area contributed by atoms with E-state index in [1.165, 1.54) is 0 Å². The molecule has 0 aliphatic heterocycles. The number of aromatic nitrogens is 2. The van der Waals surface area contributed by atoms with Gasteiger partial charge < -0.3 is 4.98 Å². The molecular formula is C11H11ClN2. The molecule has 0 unspecified atom stereocenters. The molecule has 0 aliphatic carbocycles. The third-order valence-electron chi connectivity index (χ3n) is 2.13. The predicted octanol–water partition coefficient (Wildman–Crippen LogP) is 3.29. The summed E-state index contributed by atoms with van der Waals surface area (Å²) in [7, 11) is 0. The van der Waals surface area contributed by atoms with Crippen LogP contribution in [0.3, 0.4) is 0 Å². The van der Waals surface area contributed by atoms with Crippen LogP contribution in [0.15, 0.2) is 30.5 Å². The Morgan fingerprint density at radius 3 is 2.57 bits per heavy atom. The van der Waals surface area contributed by atoms with Crippen molar-refractivity contribution in [2.24, 2.45) is 0 Å². The van der Waals surface area contributed by atoms with Crippen molar-refractivity contribution in [1.82, 2.24) is 9.97 Å². The molecule has 2 rings (SSSR count). The van der Waals surface area contributed by atoms with Gasteiger partial charge >= 0.3 is 0 Å². The highest BCUT2D eigenvalue weighted by Gasteiger charge is 2.01. The minimum absolute atomic E-state index is 0.746. The summed E-state index contributed by atoms with van der Waals surface area (Å²) < 4.78 is 0. The first-order valence-corrected chi connectivity index (χ1v) is 4.97. The number of hydrogen-bond acceptors (Lipinski definition) is 1. The molecule has 0 saturated heterocycles. The molecule has 14 heavy (non-hydrogen) atoms. The second-order valence-corrected chi connectivity index (χ2v) is 3.55. The van der Waals surface area contributed by atoms with Gasteiger partial charge in [-0.05, 0) is 30.7 Å². The van der Waals surface area contributed by atoms with Gasteiger partial charge in [-0.1, -0.05) is 18.5 Å². The van der Waals surface area contributed by atoms with Crippen LogP contribution in [0, 0.1) is 0 Å². The van der Waals surface area contributed by atoms with E-state index in [-0.39, 0.29) is 0 Å². The molecule has 0 bridgehead atoms. The van der Waals surface area contributed by atoms with Gasteiger partial charge in [0.25, 0.3) is 0 Å². The van der Waals surface area contributed by atoms with E-state index in [9.17, 15) is 0 Å². The molecule has 0 amide bonds. The summed E-state index contributed by atoms with van der Waals surface area (Å²) in [6, 6.07) is 7.65. The average molecular weight is 207 g/mol. The Bertz CT molecular complexity index is 417. The normalized spacial score (nSPS) is 10.4. The van der Waals surface area contributed by atoms with Crippen LogP contribution in [0.5, 0.6) is 0 Å². The van der Waals surface area contributed by atoms with E-state index < -0.39 is 0 Å². The summed E-state index contributed by atoms with van der Waals surface area (Å²) in [6.07, 6.45) is 2.84. The van der Waals surface area contributed by atoms with Crippen molar-refractivity contribution >= 4 is 11.6 Å². The first-order valence-electron chi connectivity index (χ1n) is 4.59. The smallest absolute Gasteiger partial charge is 0.137 e. The van der Waals surface area contributed by atoms with E-state index in [2.05, 4.69) is 16.9 Å². The number of nitrogens with one attached hydrogen (secondary N) is 1. The monoisotopic (exact) mass is 206 g/mol. The number of rotatable bonds is 2. The number of imidazole rings is 1. The Kier molecular flexibility index (Phi) is 2.55. The number of hydrogen-bond donors (Lipinski definition) is 1. The molecule has 0 atom stereocenters. The van der Waals surface area contributed by atoms with Crippen molar-refractivity contribution in [1.29, 1.82) is 0 Å². The number of aromatic amines is 1. The lowest BCUT2D eigenvalue weighted by Crippen LogP contribution is -1.81. The van der Waals surface area contributed by atoms with Crippen molar-refractivity contribution in [3.8, 4) is 11.4 Å². The fourth-order valence-corrected chi connectivity index (χ4v) is 1.42. The van der Waals surface area contributed by atoms with E-state index in [0.717, 1.165) is 28.5 Å². The van der Waals surface area contributed by atoms with Crippen LogP contribution >= 0.6 is 11.6 Å². The van der Waals surface area contributed by atoms with Crippen LogP contribution in [0.25, 0.3) is 11.4 Å². The van der Waals surface area contributed by atoms with Crippen molar-refractivity contribution in [3.05, 3.63) is 41.2 Å². The van der Waals surface area contributed by atoms with Crippen LogP contribution in [-0.4, -0.2) is 9.97 Å². The largest absolute Gasteiger partial charge is 0.342 e. The zero-order valence-corrected chi connectivity index (χ0v) is 8.67. The van der Waals surface area contributed by atoms with Crippen molar-refractivity contribution in [2.45, 2.75) is 13.3 Å². The Hall–Kier alpha value is -1.28. The second-order valence-electron chi connectivity index (χ2n) is 3.12. The Labute approximate surface area is 88.0 Å². The first-order chi connectivity index (χ1) is 6.79. The Morgan fingerprint density at radius 2 is 2.00 bits per heavy atom. The number of halogens is 1. The quantitative estimate of drug-likeness (QED) is 0.803. The lowest BCUT2D eigenvalue weighted by Gasteiger charge is -1.96. The maximum Gasteiger partial charge on any atom is 0.137 e. The molecular weight excluding hydrogens is 196 g/mol. The van der Waals surface area contributed by atoms with Gasteiger partial charge in [0, 0.05) is 22.5 Å². The van der Waals surface area contributed by atoms with Crippen LogP contribution in [-0.2, 0) is 6.42 Å². The SMILES string of the molecule is CCc1cnc(-c2ccc(Cl)cc2)[nH]1. The van der Waals surface area contributed by atoms with Gasteiger partial charge in [-0.15, -0.1) is 0 Å². The van der Waals surface area contributed by atoms with Crippen molar-refractivity contribution in [2.75, 3.05) is 0 Å². The van der Waals surface area contributed by atoms with Gasteiger partial charge in [-0.2, -0.15) is 0 Å². The highest BCUT2D eigenvalue weighted by atomic mass is 35.5. The number of H-pyrrole nitrogens is 1. The van der Waals surface area contributed by atoms with Crippen LogP contribution in [0.2, 0.25) is 5.02 Å². The third-order valence-corrected chi connectivity index (χ3v) is 2.38. The molecule has 1 heterocycles. The van der Waals surface area contributed by atoms with E-state index in [1.807, 2.05) is 30.5 Å². The lowest BCUT2D eigenvalue weighted by atomic mass is 10.2. The van der Waals surface area contributed by atoms with E-state index in [0.29, 0.717) is 0 Å². The topological polar surface area (TPSA) is 28.7 Å². The minimum Gasteiger partial charge on any atom is -0.342 e. The predicted molar refractivity (Wildman–Crippen MR) is 58.4 cm³/mol. The van der Waals surface area contributed by atoms with Crippen molar-refractivity contribution < 1.29 is 0 Å². The summed E-state index contributed by atoms with van der Waals surface area (Å²) in [5.74, 6) is 0.901. The van der Waals surface area contributed by atoms with Crippen molar-refractivity contribution in [3.63, 3.8) is 0 Å². The molecule has 1 N–H and O–H groups in total. The van der Waals surface area contributed by atoms with Gasteiger partial charge in [0.15, 0.2) is 0 Å². The van der Waals surface area contributed by atoms with Gasteiger partial charge in [-0.25, -0.2) is 4.98 Å². The summed E-state index contributed by atoms with van der Waals surface area (Å²) in [4.78, 5) is 7.53. The van der Waals surface area contributed by atoms with E-state index >= 15 is 0 Å². The molecule has 0 aliphatic rings. The number of benzene rings is 1. The van der Waals surface area contributed by atoms with Gasteiger partial charge in [-0.3, -0.25) is 0 Å². The van der Waals surface area contributed by atoms with Gasteiger partial charge in [0.2, 0.25) is 0 Å². The molecule has 2 aromatic rings.